The Morgan fingerprint density at radius 1 is 0.733 bits per heavy atom. The number of carbonyl (C=O) groups excluding carboxylic acids is 2. The summed E-state index contributed by atoms with van der Waals surface area (Å²) in [5, 5.41) is 2.83. The monoisotopic (exact) mass is 643 g/mol. The van der Waals surface area contributed by atoms with Crippen molar-refractivity contribution in [3.63, 3.8) is 0 Å². The third-order valence-corrected chi connectivity index (χ3v) is 8.74. The molecule has 1 unspecified atom stereocenters. The molecule has 0 aromatic heterocycles. The first-order chi connectivity index (χ1) is 21.4. The number of methoxy groups -OCH3 is 5. The molecule has 0 spiro atoms. The molecule has 0 radical (unpaired) electrons. The van der Waals surface area contributed by atoms with Crippen LogP contribution < -0.4 is 33.3 Å². The third-order valence-electron chi connectivity index (χ3n) is 6.99. The van der Waals surface area contributed by atoms with Gasteiger partial charge in [0.25, 0.3) is 10.0 Å². The van der Waals surface area contributed by atoms with Crippen LogP contribution in [0.25, 0.3) is 0 Å². The second kappa shape index (κ2) is 15.4. The first-order valence-electron chi connectivity index (χ1n) is 14.1. The SMILES string of the molecule is COc1ccc(CN(C(=O)CN(c2cc(OC)ccc2OC)S(=O)(=O)c2ccc(OC)c(OC)c2)C(C)C(=O)NC(C)C)cc1. The fourth-order valence-corrected chi connectivity index (χ4v) is 5.96. The molecule has 0 heterocycles. The zero-order valence-electron chi connectivity index (χ0n) is 26.8. The van der Waals surface area contributed by atoms with Crippen LogP contribution in [0.1, 0.15) is 26.3 Å². The molecule has 0 aliphatic carbocycles. The molecule has 0 aliphatic heterocycles. The van der Waals surface area contributed by atoms with E-state index < -0.39 is 28.5 Å². The van der Waals surface area contributed by atoms with Gasteiger partial charge in [-0.2, -0.15) is 0 Å². The van der Waals surface area contributed by atoms with E-state index in [9.17, 15) is 18.0 Å². The van der Waals surface area contributed by atoms with Crippen molar-refractivity contribution in [3.05, 3.63) is 66.2 Å². The number of ether oxygens (including phenoxy) is 5. The van der Waals surface area contributed by atoms with Crippen molar-refractivity contribution in [1.82, 2.24) is 10.2 Å². The molecule has 45 heavy (non-hydrogen) atoms. The molecule has 0 saturated carbocycles. The van der Waals surface area contributed by atoms with Gasteiger partial charge in [0.05, 0.1) is 46.1 Å². The van der Waals surface area contributed by atoms with E-state index in [1.807, 2.05) is 13.8 Å². The fourth-order valence-electron chi connectivity index (χ4n) is 4.52. The summed E-state index contributed by atoms with van der Waals surface area (Å²) in [6.45, 7) is 4.57. The molecule has 3 rings (SSSR count). The lowest BCUT2D eigenvalue weighted by Gasteiger charge is -2.32. The Kier molecular flexibility index (Phi) is 11.9. The molecule has 0 bridgehead atoms. The molecule has 1 N–H and O–H groups in total. The highest BCUT2D eigenvalue weighted by Crippen LogP contribution is 2.37. The first-order valence-corrected chi connectivity index (χ1v) is 15.5. The van der Waals surface area contributed by atoms with Crippen LogP contribution in [-0.4, -0.2) is 79.3 Å². The van der Waals surface area contributed by atoms with Crippen LogP contribution in [0.2, 0.25) is 0 Å². The summed E-state index contributed by atoms with van der Waals surface area (Å²) in [7, 11) is 2.76. The summed E-state index contributed by atoms with van der Waals surface area (Å²) in [6.07, 6.45) is 0. The number of nitrogens with zero attached hydrogens (tertiary/aromatic N) is 2. The van der Waals surface area contributed by atoms with Gasteiger partial charge >= 0.3 is 0 Å². The highest BCUT2D eigenvalue weighted by atomic mass is 32.2. The zero-order valence-corrected chi connectivity index (χ0v) is 27.6. The molecule has 3 aromatic rings. The van der Waals surface area contributed by atoms with Crippen molar-refractivity contribution in [2.75, 3.05) is 46.4 Å². The lowest BCUT2D eigenvalue weighted by molar-refractivity contribution is -0.139. The summed E-state index contributed by atoms with van der Waals surface area (Å²) >= 11 is 0. The number of hydrogen-bond donors (Lipinski definition) is 1. The fraction of sp³-hybridized carbons (Fsp3) is 0.375. The summed E-state index contributed by atoms with van der Waals surface area (Å²) in [6, 6.07) is 14.7. The maximum absolute atomic E-state index is 14.4. The van der Waals surface area contributed by atoms with Gasteiger partial charge < -0.3 is 33.9 Å². The minimum Gasteiger partial charge on any atom is -0.497 e. The van der Waals surface area contributed by atoms with Gasteiger partial charge in [-0.15, -0.1) is 0 Å². The number of amides is 2. The molecule has 0 saturated heterocycles. The Bertz CT molecular complexity index is 1580. The normalized spacial score (nSPS) is 11.8. The van der Waals surface area contributed by atoms with Crippen LogP contribution in [0.5, 0.6) is 28.7 Å². The van der Waals surface area contributed by atoms with E-state index in [0.29, 0.717) is 22.8 Å². The number of anilines is 1. The van der Waals surface area contributed by atoms with Crippen LogP contribution in [0.4, 0.5) is 5.69 Å². The van der Waals surface area contributed by atoms with Crippen LogP contribution in [0.3, 0.4) is 0 Å². The molecular weight excluding hydrogens is 602 g/mol. The number of rotatable bonds is 15. The predicted octanol–water partition coefficient (Wildman–Crippen LogP) is 3.87. The Morgan fingerprint density at radius 3 is 1.87 bits per heavy atom. The molecule has 0 fully saturated rings. The van der Waals surface area contributed by atoms with E-state index in [2.05, 4.69) is 5.32 Å². The summed E-state index contributed by atoms with van der Waals surface area (Å²) < 4.78 is 56.5. The molecule has 12 nitrogen and oxygen atoms in total. The van der Waals surface area contributed by atoms with Gasteiger partial charge in [0.2, 0.25) is 11.8 Å². The summed E-state index contributed by atoms with van der Waals surface area (Å²) in [5.74, 6) is 0.632. The number of sulfonamides is 1. The topological polar surface area (TPSA) is 133 Å². The predicted molar refractivity (Wildman–Crippen MR) is 170 cm³/mol. The highest BCUT2D eigenvalue weighted by molar-refractivity contribution is 7.92. The molecule has 0 aliphatic rings. The summed E-state index contributed by atoms with van der Waals surface area (Å²) in [4.78, 5) is 28.6. The van der Waals surface area contributed by atoms with Gasteiger partial charge in [-0.25, -0.2) is 8.42 Å². The van der Waals surface area contributed by atoms with Crippen LogP contribution in [0.15, 0.2) is 65.6 Å². The average Bonchev–Trinajstić information content (AvgIpc) is 3.04. The van der Waals surface area contributed by atoms with Gasteiger partial charge in [0.1, 0.15) is 29.8 Å². The Hall–Kier alpha value is -4.65. The average molecular weight is 644 g/mol. The van der Waals surface area contributed by atoms with E-state index in [1.165, 1.54) is 57.6 Å². The van der Waals surface area contributed by atoms with E-state index in [1.54, 1.807) is 50.4 Å². The largest absolute Gasteiger partial charge is 0.497 e. The van der Waals surface area contributed by atoms with Crippen molar-refractivity contribution < 1.29 is 41.7 Å². The zero-order chi connectivity index (χ0) is 33.3. The number of hydrogen-bond acceptors (Lipinski definition) is 9. The molecule has 3 aromatic carbocycles. The van der Waals surface area contributed by atoms with Gasteiger partial charge in [-0.05, 0) is 62.7 Å². The van der Waals surface area contributed by atoms with Crippen molar-refractivity contribution in [2.45, 2.75) is 44.3 Å². The summed E-state index contributed by atoms with van der Waals surface area (Å²) in [5.41, 5.74) is 0.769. The Balaban J connectivity index is 2.16. The van der Waals surface area contributed by atoms with E-state index in [-0.39, 0.29) is 40.6 Å². The van der Waals surface area contributed by atoms with Crippen molar-refractivity contribution in [1.29, 1.82) is 0 Å². The minimum absolute atomic E-state index is 0.0228. The second-order valence-corrected chi connectivity index (χ2v) is 12.1. The van der Waals surface area contributed by atoms with E-state index in [0.717, 1.165) is 4.31 Å². The van der Waals surface area contributed by atoms with Gasteiger partial charge in [0.15, 0.2) is 11.5 Å². The Morgan fingerprint density at radius 2 is 1.31 bits per heavy atom. The molecule has 244 valence electrons. The number of benzene rings is 3. The minimum atomic E-state index is -4.45. The van der Waals surface area contributed by atoms with Crippen molar-refractivity contribution >= 4 is 27.5 Å². The van der Waals surface area contributed by atoms with E-state index >= 15 is 0 Å². The number of nitrogens with one attached hydrogen (secondary N) is 1. The third kappa shape index (κ3) is 8.29. The standard InChI is InChI=1S/C32H41N3O9S/c1-21(2)33-32(37)22(3)34(19-23-9-11-24(40-4)12-10-23)31(36)20-35(27-17-25(41-5)13-15-28(27)42-6)45(38,39)26-14-16-29(43-7)30(18-26)44-8/h9-18,21-22H,19-20H2,1-8H3,(H,33,37). The number of carbonyl (C=O) groups is 2. The van der Waals surface area contributed by atoms with Crippen molar-refractivity contribution in [3.8, 4) is 28.7 Å². The van der Waals surface area contributed by atoms with Crippen LogP contribution >= 0.6 is 0 Å². The Labute approximate surface area is 264 Å². The van der Waals surface area contributed by atoms with Crippen molar-refractivity contribution in [2.24, 2.45) is 0 Å². The molecular formula is C32H41N3O9S. The van der Waals surface area contributed by atoms with Crippen LogP contribution in [-0.2, 0) is 26.2 Å². The lowest BCUT2D eigenvalue weighted by atomic mass is 10.1. The van der Waals surface area contributed by atoms with Gasteiger partial charge in [-0.3, -0.25) is 13.9 Å². The van der Waals surface area contributed by atoms with E-state index in [4.69, 9.17) is 23.7 Å². The quantitative estimate of drug-likeness (QED) is 0.262. The smallest absolute Gasteiger partial charge is 0.265 e. The first kappa shape index (κ1) is 34.8. The maximum atomic E-state index is 14.4. The van der Waals surface area contributed by atoms with Crippen LogP contribution in [0, 0.1) is 0 Å². The van der Waals surface area contributed by atoms with Gasteiger partial charge in [-0.1, -0.05) is 12.1 Å². The van der Waals surface area contributed by atoms with Gasteiger partial charge in [0, 0.05) is 24.7 Å². The molecule has 2 amide bonds. The molecule has 1 atom stereocenters. The lowest BCUT2D eigenvalue weighted by Crippen LogP contribution is -2.52. The second-order valence-electron chi connectivity index (χ2n) is 10.3. The maximum Gasteiger partial charge on any atom is 0.265 e. The molecule has 13 heteroatoms. The highest BCUT2D eigenvalue weighted by Gasteiger charge is 2.34.